The van der Waals surface area contributed by atoms with Crippen molar-refractivity contribution in [2.45, 2.75) is 0 Å². The van der Waals surface area contributed by atoms with E-state index in [2.05, 4.69) is 0 Å². The van der Waals surface area contributed by atoms with E-state index in [1.54, 1.807) is 0 Å². The number of hydrogen-bond acceptors (Lipinski definition) is 5. The summed E-state index contributed by atoms with van der Waals surface area (Å²) < 4.78 is 8.88. The Morgan fingerprint density at radius 2 is 0.917 bits per heavy atom. The number of phosphoric acid groups is 1. The van der Waals surface area contributed by atoms with Crippen molar-refractivity contribution >= 4 is 100 Å². The third-order valence-electron chi connectivity index (χ3n) is 0. The van der Waals surface area contributed by atoms with Crippen LogP contribution in [0.2, 0.25) is 0 Å². The van der Waals surface area contributed by atoms with E-state index in [0.717, 1.165) is 0 Å². The fourth-order valence-electron chi connectivity index (χ4n) is 0. The van der Waals surface area contributed by atoms with Crippen molar-refractivity contribution in [1.82, 2.24) is 0 Å². The van der Waals surface area contributed by atoms with Gasteiger partial charge >= 0.3 is 100 Å². The zero-order chi connectivity index (χ0) is 9.00. The third kappa shape index (κ3) is 217. The second kappa shape index (κ2) is 10.4. The average molecular weight is 326 g/mol. The van der Waals surface area contributed by atoms with Crippen molar-refractivity contribution in [3.05, 3.63) is 0 Å². The fourth-order valence-corrected chi connectivity index (χ4v) is 0. The van der Waals surface area contributed by atoms with Crippen LogP contribution in [0.5, 0.6) is 0 Å². The zero-order valence-corrected chi connectivity index (χ0v) is 6.38. The van der Waals surface area contributed by atoms with Crippen LogP contribution >= 0.6 is 7.82 Å². The van der Waals surface area contributed by atoms with Gasteiger partial charge in [0.1, 0.15) is 0 Å². The second-order valence-electron chi connectivity index (χ2n) is 1.11. The predicted octanol–water partition coefficient (Wildman–Crippen LogP) is -5.37. The van der Waals surface area contributed by atoms with Crippen molar-refractivity contribution in [2.75, 3.05) is 0 Å². The Morgan fingerprint density at radius 1 is 0.917 bits per heavy atom. The molecule has 12 heavy (non-hydrogen) atoms. The first kappa shape index (κ1) is 24.2. The summed E-state index contributed by atoms with van der Waals surface area (Å²) in [7, 11) is -9.25. The topological polar surface area (TPSA) is 159 Å². The zero-order valence-electron chi connectivity index (χ0n) is 4.49. The SMILES string of the molecule is O=P(O)(O)O.O[Si](O)(O)O.[CaH2].[SrH2]. The molecule has 0 fully saturated rings. The summed E-state index contributed by atoms with van der Waals surface area (Å²) in [4.78, 5) is 50.9. The molecule has 0 atom stereocenters. The van der Waals surface area contributed by atoms with Gasteiger partial charge in [-0.1, -0.05) is 0 Å². The Morgan fingerprint density at radius 3 is 0.917 bits per heavy atom. The van der Waals surface area contributed by atoms with Gasteiger partial charge in [0.15, 0.2) is 0 Å². The van der Waals surface area contributed by atoms with Crippen LogP contribution in [0, 0.1) is 0 Å². The van der Waals surface area contributed by atoms with Crippen LogP contribution in [-0.2, 0) is 4.57 Å². The molecule has 0 spiro atoms. The molecule has 0 rings (SSSR count). The summed E-state index contributed by atoms with van der Waals surface area (Å²) >= 11 is 0. The Hall–Kier alpha value is 2.91. The Balaban J connectivity index is -0.0000000457. The van der Waals surface area contributed by atoms with Crippen LogP contribution in [0.25, 0.3) is 0 Å². The molecule has 0 heterocycles. The monoisotopic (exact) mass is 326 g/mol. The molecule has 0 aliphatic carbocycles. The molecule has 12 heteroatoms. The standard InChI is InChI=1S/Ca.H3O4P.H4O4Si.Sr.4H/c;2*1-5(2,3)4;;;;;/h;(H3,1,2,3,4);1-4H;;;;;. The molecular formula is H11CaO8PSiSr. The summed E-state index contributed by atoms with van der Waals surface area (Å²) in [6.07, 6.45) is 0. The van der Waals surface area contributed by atoms with E-state index >= 15 is 0 Å². The quantitative estimate of drug-likeness (QED) is 0.172. The number of hydrogen-bond donors (Lipinski definition) is 7. The molecule has 0 radical (unpaired) electrons. The van der Waals surface area contributed by atoms with E-state index in [4.69, 9.17) is 38.4 Å². The molecule has 0 aromatic rings. The first-order valence-corrected chi connectivity index (χ1v) is 5.03. The maximum atomic E-state index is 8.88. The van der Waals surface area contributed by atoms with Gasteiger partial charge < -0.3 is 33.9 Å². The molecule has 72 valence electrons. The van der Waals surface area contributed by atoms with Gasteiger partial charge in [-0.3, -0.25) is 0 Å². The molecule has 7 N–H and O–H groups in total. The van der Waals surface area contributed by atoms with Crippen LogP contribution in [-0.4, -0.2) is 126 Å². The van der Waals surface area contributed by atoms with Gasteiger partial charge in [0.05, 0.1) is 0 Å². The van der Waals surface area contributed by atoms with E-state index in [1.807, 2.05) is 0 Å². The molecule has 8 nitrogen and oxygen atoms in total. The van der Waals surface area contributed by atoms with Gasteiger partial charge in [-0.25, -0.2) is 4.57 Å². The molecule has 0 bridgehead atoms. The Labute approximate surface area is 136 Å². The van der Waals surface area contributed by atoms with Gasteiger partial charge in [-0.05, 0) is 0 Å². The van der Waals surface area contributed by atoms with E-state index in [1.165, 1.54) is 0 Å². The van der Waals surface area contributed by atoms with Crippen molar-refractivity contribution in [3.8, 4) is 0 Å². The fraction of sp³-hybridized carbons (Fsp3) is 0. The van der Waals surface area contributed by atoms with E-state index < -0.39 is 16.9 Å². The van der Waals surface area contributed by atoms with Crippen molar-refractivity contribution in [2.24, 2.45) is 0 Å². The van der Waals surface area contributed by atoms with Crippen LogP contribution in [0.1, 0.15) is 0 Å². The van der Waals surface area contributed by atoms with Crippen molar-refractivity contribution in [3.63, 3.8) is 0 Å². The number of rotatable bonds is 0. The minimum atomic E-state index is -4.64. The summed E-state index contributed by atoms with van der Waals surface area (Å²) in [5.41, 5.74) is 0. The average Bonchev–Trinajstić information content (AvgIpc) is 1.12. The van der Waals surface area contributed by atoms with Crippen LogP contribution in [0.15, 0.2) is 0 Å². The van der Waals surface area contributed by atoms with Gasteiger partial charge in [-0.15, -0.1) is 0 Å². The van der Waals surface area contributed by atoms with E-state index in [9.17, 15) is 0 Å². The molecule has 0 amide bonds. The van der Waals surface area contributed by atoms with Gasteiger partial charge in [-0.2, -0.15) is 0 Å². The van der Waals surface area contributed by atoms with E-state index in [-0.39, 0.29) is 83.2 Å². The van der Waals surface area contributed by atoms with Gasteiger partial charge in [0.2, 0.25) is 0 Å². The predicted molar refractivity (Wildman–Crippen MR) is 46.0 cm³/mol. The molecule has 0 aromatic carbocycles. The summed E-state index contributed by atoms with van der Waals surface area (Å²) in [6, 6.07) is 0. The maximum absolute atomic E-state index is 8.88. The molecule has 0 saturated carbocycles. The summed E-state index contributed by atoms with van der Waals surface area (Å²) in [5.74, 6) is 0. The van der Waals surface area contributed by atoms with Crippen LogP contribution < -0.4 is 0 Å². The molecule has 0 aliphatic heterocycles. The van der Waals surface area contributed by atoms with Crippen LogP contribution in [0.3, 0.4) is 0 Å². The second-order valence-corrected chi connectivity index (χ2v) is 3.34. The minimum absolute atomic E-state index is 0. The van der Waals surface area contributed by atoms with Crippen molar-refractivity contribution in [1.29, 1.82) is 0 Å². The molecule has 0 aromatic heterocycles. The summed E-state index contributed by atoms with van der Waals surface area (Å²) in [5, 5.41) is 0. The first-order chi connectivity index (χ1) is 4.00. The molecular weight excluding hydrogens is 315 g/mol. The van der Waals surface area contributed by atoms with Gasteiger partial charge in [0, 0.05) is 0 Å². The first-order valence-electron chi connectivity index (χ1n) is 1.68. The normalized spacial score (nSPS) is 9.92. The third-order valence-corrected chi connectivity index (χ3v) is 0. The Kier molecular flexibility index (Phi) is 21.1. The summed E-state index contributed by atoms with van der Waals surface area (Å²) in [6.45, 7) is 0. The van der Waals surface area contributed by atoms with Crippen LogP contribution in [0.4, 0.5) is 0 Å². The van der Waals surface area contributed by atoms with E-state index in [0.29, 0.717) is 0 Å². The van der Waals surface area contributed by atoms with Gasteiger partial charge in [0.25, 0.3) is 0 Å². The van der Waals surface area contributed by atoms with Crippen molar-refractivity contribution < 1.29 is 38.4 Å². The Bertz CT molecular complexity index is 111. The molecule has 0 aliphatic rings. The molecule has 0 saturated heterocycles. The molecule has 0 unspecified atom stereocenters.